The van der Waals surface area contributed by atoms with E-state index in [0.717, 1.165) is 30.4 Å². The summed E-state index contributed by atoms with van der Waals surface area (Å²) in [7, 11) is 1.55. The van der Waals surface area contributed by atoms with Gasteiger partial charge in [-0.15, -0.1) is 5.10 Å². The topological polar surface area (TPSA) is 130 Å². The molecule has 0 aliphatic heterocycles. The van der Waals surface area contributed by atoms with Crippen LogP contribution < -0.4 is 15.6 Å². The van der Waals surface area contributed by atoms with Crippen LogP contribution in [-0.2, 0) is 13.6 Å². The number of nitriles is 1. The van der Waals surface area contributed by atoms with Crippen LogP contribution in [0.2, 0.25) is 0 Å². The van der Waals surface area contributed by atoms with Gasteiger partial charge in [-0.25, -0.2) is 0 Å². The molecule has 4 rings (SSSR count). The van der Waals surface area contributed by atoms with E-state index in [4.69, 9.17) is 10.00 Å². The molecule has 0 radical (unpaired) electrons. The summed E-state index contributed by atoms with van der Waals surface area (Å²) in [6, 6.07) is 10.3. The van der Waals surface area contributed by atoms with Crippen molar-refractivity contribution in [1.29, 1.82) is 5.26 Å². The molecule has 0 unspecified atom stereocenters. The number of hydrogen-bond acceptors (Lipinski definition) is 8. The molecule has 0 atom stereocenters. The molecule has 0 saturated heterocycles. The van der Waals surface area contributed by atoms with Crippen LogP contribution >= 0.6 is 12.0 Å². The highest BCUT2D eigenvalue weighted by atomic mass is 32.2. The van der Waals surface area contributed by atoms with Crippen molar-refractivity contribution < 1.29 is 14.1 Å². The number of nitrogens with zero attached hydrogens (tertiary/aromatic N) is 4. The quantitative estimate of drug-likeness (QED) is 0.538. The van der Waals surface area contributed by atoms with Gasteiger partial charge in [0.05, 0.1) is 22.6 Å². The molecule has 2 heterocycles. The van der Waals surface area contributed by atoms with E-state index in [9.17, 15) is 14.1 Å². The predicted molar refractivity (Wildman–Crippen MR) is 115 cm³/mol. The Morgan fingerprint density at radius 3 is 2.77 bits per heavy atom. The molecule has 158 valence electrons. The van der Waals surface area contributed by atoms with Gasteiger partial charge in [0, 0.05) is 19.0 Å². The standard InChI is InChI=1S/C21H19N5O4S/c1-26-17-15(11-24-25-19(17)30-12-21(31-29)6-7-21)8-16(20(26)28)18(27)23-10-14-4-2-13(9-22)3-5-14/h2-5,8,11,29H,6-7,10,12H2,1H3,(H,23,27). The number of aryl methyl sites for hydroxylation is 1. The lowest BCUT2D eigenvalue weighted by Crippen LogP contribution is -2.32. The first-order valence-electron chi connectivity index (χ1n) is 9.54. The first kappa shape index (κ1) is 20.8. The normalized spacial score (nSPS) is 14.1. The van der Waals surface area contributed by atoms with Crippen LogP contribution in [0.3, 0.4) is 0 Å². The Morgan fingerprint density at radius 1 is 1.39 bits per heavy atom. The van der Waals surface area contributed by atoms with Crippen molar-refractivity contribution in [3.63, 3.8) is 0 Å². The fourth-order valence-corrected chi connectivity index (χ4v) is 3.55. The van der Waals surface area contributed by atoms with Gasteiger partial charge < -0.3 is 19.2 Å². The molecule has 9 nitrogen and oxygen atoms in total. The molecule has 1 aliphatic carbocycles. The Kier molecular flexibility index (Phi) is 5.63. The number of nitrogens with one attached hydrogen (secondary N) is 1. The largest absolute Gasteiger partial charge is 0.474 e. The van der Waals surface area contributed by atoms with Crippen molar-refractivity contribution in [1.82, 2.24) is 20.1 Å². The Hall–Kier alpha value is -3.42. The molecule has 1 fully saturated rings. The number of hydrogen-bond donors (Lipinski definition) is 2. The van der Waals surface area contributed by atoms with Gasteiger partial charge in [0.15, 0.2) is 0 Å². The second kappa shape index (κ2) is 8.37. The van der Waals surface area contributed by atoms with Gasteiger partial charge in [0.2, 0.25) is 0 Å². The minimum absolute atomic E-state index is 0.0211. The third kappa shape index (κ3) is 4.23. The molecule has 10 heteroatoms. The molecule has 1 amide bonds. The zero-order chi connectivity index (χ0) is 22.0. The third-order valence-electron chi connectivity index (χ3n) is 5.25. The molecule has 1 aliphatic rings. The Morgan fingerprint density at radius 2 is 2.13 bits per heavy atom. The van der Waals surface area contributed by atoms with Crippen LogP contribution in [0, 0.1) is 11.3 Å². The van der Waals surface area contributed by atoms with E-state index >= 15 is 0 Å². The smallest absolute Gasteiger partial charge is 0.263 e. The molecular weight excluding hydrogens is 418 g/mol. The Balaban J connectivity index is 1.57. The van der Waals surface area contributed by atoms with Crippen LogP contribution in [0.5, 0.6) is 5.88 Å². The summed E-state index contributed by atoms with van der Waals surface area (Å²) in [5.41, 5.74) is 1.26. The lowest BCUT2D eigenvalue weighted by molar-refractivity contribution is 0.0949. The van der Waals surface area contributed by atoms with E-state index < -0.39 is 11.5 Å². The van der Waals surface area contributed by atoms with Gasteiger partial charge in [-0.3, -0.25) is 9.59 Å². The summed E-state index contributed by atoms with van der Waals surface area (Å²) in [6.07, 6.45) is 3.15. The zero-order valence-corrected chi connectivity index (χ0v) is 17.5. The van der Waals surface area contributed by atoms with E-state index in [2.05, 4.69) is 15.5 Å². The number of carbonyl (C=O) groups is 1. The van der Waals surface area contributed by atoms with Crippen molar-refractivity contribution >= 4 is 28.9 Å². The average Bonchev–Trinajstić information content (AvgIpc) is 3.59. The van der Waals surface area contributed by atoms with E-state index in [1.165, 1.54) is 16.8 Å². The van der Waals surface area contributed by atoms with Crippen molar-refractivity contribution in [2.24, 2.45) is 7.05 Å². The highest BCUT2D eigenvalue weighted by Crippen LogP contribution is 2.47. The van der Waals surface area contributed by atoms with Crippen LogP contribution in [0.1, 0.15) is 34.3 Å². The monoisotopic (exact) mass is 437 g/mol. The van der Waals surface area contributed by atoms with E-state index in [1.54, 1.807) is 31.3 Å². The number of aromatic nitrogens is 3. The van der Waals surface area contributed by atoms with Crippen LogP contribution in [0.15, 0.2) is 41.3 Å². The number of benzene rings is 1. The number of fused-ring (bicyclic) bond motifs is 1. The van der Waals surface area contributed by atoms with Crippen molar-refractivity contribution in [3.05, 3.63) is 63.6 Å². The maximum Gasteiger partial charge on any atom is 0.263 e. The van der Waals surface area contributed by atoms with Crippen molar-refractivity contribution in [3.8, 4) is 11.9 Å². The molecule has 0 spiro atoms. The fraction of sp³-hybridized carbons (Fsp3) is 0.286. The molecular formula is C21H19N5O4S. The Bertz CT molecular complexity index is 1250. The molecule has 2 aromatic heterocycles. The first-order chi connectivity index (χ1) is 15.0. The van der Waals surface area contributed by atoms with E-state index in [1.807, 2.05) is 6.07 Å². The molecule has 1 saturated carbocycles. The summed E-state index contributed by atoms with van der Waals surface area (Å²) in [5, 5.41) is 20.0. The summed E-state index contributed by atoms with van der Waals surface area (Å²) >= 11 is 0.772. The maximum absolute atomic E-state index is 12.9. The first-order valence-corrected chi connectivity index (χ1v) is 10.3. The van der Waals surface area contributed by atoms with Gasteiger partial charge in [0.1, 0.15) is 17.7 Å². The average molecular weight is 437 g/mol. The van der Waals surface area contributed by atoms with Gasteiger partial charge >= 0.3 is 0 Å². The number of rotatable bonds is 7. The van der Waals surface area contributed by atoms with Gasteiger partial charge in [-0.1, -0.05) is 12.1 Å². The summed E-state index contributed by atoms with van der Waals surface area (Å²) in [6.45, 7) is 0.471. The molecule has 31 heavy (non-hydrogen) atoms. The van der Waals surface area contributed by atoms with Gasteiger partial charge in [-0.05, 0) is 48.6 Å². The van der Waals surface area contributed by atoms with Crippen LogP contribution in [0.4, 0.5) is 0 Å². The molecule has 3 aromatic rings. The number of amides is 1. The second-order valence-electron chi connectivity index (χ2n) is 7.43. The van der Waals surface area contributed by atoms with Crippen molar-refractivity contribution in [2.75, 3.05) is 6.61 Å². The molecule has 2 N–H and O–H groups in total. The predicted octanol–water partition coefficient (Wildman–Crippen LogP) is 2.25. The minimum Gasteiger partial charge on any atom is -0.474 e. The summed E-state index contributed by atoms with van der Waals surface area (Å²) < 4.78 is 16.1. The lowest BCUT2D eigenvalue weighted by Gasteiger charge is -2.15. The summed E-state index contributed by atoms with van der Waals surface area (Å²) in [5.74, 6) is -0.332. The van der Waals surface area contributed by atoms with Crippen molar-refractivity contribution in [2.45, 2.75) is 24.1 Å². The minimum atomic E-state index is -0.514. The van der Waals surface area contributed by atoms with Crippen LogP contribution in [0.25, 0.3) is 10.9 Å². The third-order valence-corrected chi connectivity index (χ3v) is 6.16. The van der Waals surface area contributed by atoms with Crippen LogP contribution in [-0.4, -0.2) is 36.6 Å². The van der Waals surface area contributed by atoms with E-state index in [0.29, 0.717) is 16.5 Å². The highest BCUT2D eigenvalue weighted by molar-refractivity contribution is 7.95. The number of carbonyl (C=O) groups excluding carboxylic acids is 1. The maximum atomic E-state index is 12.9. The number of ether oxygens (including phenoxy) is 1. The second-order valence-corrected chi connectivity index (χ2v) is 8.48. The highest BCUT2D eigenvalue weighted by Gasteiger charge is 2.45. The molecule has 0 bridgehead atoms. The summed E-state index contributed by atoms with van der Waals surface area (Å²) in [4.78, 5) is 25.5. The SMILES string of the molecule is Cn1c(=O)c(C(=O)NCc2ccc(C#N)cc2)cc2cnnc(OCC3(SO)CC3)c21. The number of pyridine rings is 1. The lowest BCUT2D eigenvalue weighted by atomic mass is 10.1. The fourth-order valence-electron chi connectivity index (χ4n) is 3.15. The van der Waals surface area contributed by atoms with E-state index in [-0.39, 0.29) is 29.3 Å². The Labute approximate surface area is 181 Å². The molecule has 1 aromatic carbocycles. The van der Waals surface area contributed by atoms with Gasteiger partial charge in [0.25, 0.3) is 17.3 Å². The zero-order valence-electron chi connectivity index (χ0n) is 16.7. The van der Waals surface area contributed by atoms with Gasteiger partial charge in [-0.2, -0.15) is 10.4 Å².